The van der Waals surface area contributed by atoms with Crippen molar-refractivity contribution >= 4 is 11.6 Å². The highest BCUT2D eigenvalue weighted by molar-refractivity contribution is 5.94. The normalized spacial score (nSPS) is 29.6. The van der Waals surface area contributed by atoms with E-state index < -0.39 is 5.60 Å². The molecule has 0 spiro atoms. The first kappa shape index (κ1) is 13.5. The van der Waals surface area contributed by atoms with Crippen LogP contribution in [0.15, 0.2) is 12.3 Å². The number of hydrogen-bond acceptors (Lipinski definition) is 4. The first-order valence-corrected chi connectivity index (χ1v) is 7.09. The summed E-state index contributed by atoms with van der Waals surface area (Å²) in [5.74, 6) is -0.193. The minimum Gasteiger partial charge on any atom is -0.397 e. The van der Waals surface area contributed by atoms with Gasteiger partial charge in [-0.05, 0) is 25.8 Å². The predicted molar refractivity (Wildman–Crippen MR) is 74.4 cm³/mol. The molecule has 1 amide bonds. The van der Waals surface area contributed by atoms with E-state index in [9.17, 15) is 9.90 Å². The van der Waals surface area contributed by atoms with Crippen LogP contribution >= 0.6 is 0 Å². The van der Waals surface area contributed by atoms with Crippen molar-refractivity contribution in [3.63, 3.8) is 0 Å². The summed E-state index contributed by atoms with van der Waals surface area (Å²) >= 11 is 0. The van der Waals surface area contributed by atoms with Crippen LogP contribution in [-0.4, -0.2) is 40.4 Å². The van der Waals surface area contributed by atoms with Gasteiger partial charge in [-0.15, -0.1) is 0 Å². The summed E-state index contributed by atoms with van der Waals surface area (Å²) in [6.45, 7) is 2.55. The number of amides is 1. The first-order valence-electron chi connectivity index (χ1n) is 7.09. The van der Waals surface area contributed by atoms with Gasteiger partial charge < -0.3 is 25.5 Å². The first-order chi connectivity index (χ1) is 9.49. The third-order valence-corrected chi connectivity index (χ3v) is 4.26. The standard InChI is InChI=1S/C14H21N3O3/c1-9-14(19,4-5-20-9)8-16-13(18)12-6-10(15)7-17(12)11-2-3-11/h6-7,9,11,19H,2-5,8,15H2,1H3,(H,16,18). The fourth-order valence-corrected chi connectivity index (χ4v) is 2.66. The lowest BCUT2D eigenvalue weighted by Crippen LogP contribution is -2.47. The van der Waals surface area contributed by atoms with E-state index in [4.69, 9.17) is 10.5 Å². The molecule has 0 aromatic carbocycles. The zero-order valence-corrected chi connectivity index (χ0v) is 11.6. The highest BCUT2D eigenvalue weighted by Gasteiger charge is 2.40. The molecule has 6 nitrogen and oxygen atoms in total. The van der Waals surface area contributed by atoms with Crippen LogP contribution in [-0.2, 0) is 4.74 Å². The van der Waals surface area contributed by atoms with Crippen LogP contribution in [0.1, 0.15) is 42.7 Å². The van der Waals surface area contributed by atoms with Crippen molar-refractivity contribution in [2.24, 2.45) is 0 Å². The Labute approximate surface area is 117 Å². The smallest absolute Gasteiger partial charge is 0.268 e. The number of nitrogens with one attached hydrogen (secondary N) is 1. The fourth-order valence-electron chi connectivity index (χ4n) is 2.66. The Bertz CT molecular complexity index is 524. The Morgan fingerprint density at radius 2 is 2.40 bits per heavy atom. The monoisotopic (exact) mass is 279 g/mol. The maximum Gasteiger partial charge on any atom is 0.268 e. The second-order valence-corrected chi connectivity index (χ2v) is 5.85. The topological polar surface area (TPSA) is 89.5 Å². The van der Waals surface area contributed by atoms with Gasteiger partial charge in [0.05, 0.1) is 11.8 Å². The quantitative estimate of drug-likeness (QED) is 0.756. The van der Waals surface area contributed by atoms with Crippen LogP contribution in [0.4, 0.5) is 5.69 Å². The van der Waals surface area contributed by atoms with E-state index in [0.29, 0.717) is 30.5 Å². The third-order valence-electron chi connectivity index (χ3n) is 4.26. The van der Waals surface area contributed by atoms with E-state index in [-0.39, 0.29) is 18.6 Å². The lowest BCUT2D eigenvalue weighted by Gasteiger charge is -2.26. The number of anilines is 1. The molecule has 6 heteroatoms. The van der Waals surface area contributed by atoms with Gasteiger partial charge in [-0.25, -0.2) is 0 Å². The highest BCUT2D eigenvalue weighted by Crippen LogP contribution is 2.37. The lowest BCUT2D eigenvalue weighted by molar-refractivity contribution is -0.0252. The SMILES string of the molecule is CC1OCCC1(O)CNC(=O)c1cc(N)cn1C1CC1. The summed E-state index contributed by atoms with van der Waals surface area (Å²) in [6, 6.07) is 2.08. The number of nitrogens with two attached hydrogens (primary N) is 1. The molecular formula is C14H21N3O3. The maximum atomic E-state index is 12.3. The second kappa shape index (κ2) is 4.79. The number of aliphatic hydroxyl groups is 1. The van der Waals surface area contributed by atoms with Crippen molar-refractivity contribution in [3.05, 3.63) is 18.0 Å². The molecule has 2 aliphatic rings. The fraction of sp³-hybridized carbons (Fsp3) is 0.643. The van der Waals surface area contributed by atoms with E-state index in [2.05, 4.69) is 5.32 Å². The Hall–Kier alpha value is -1.53. The molecule has 110 valence electrons. The average Bonchev–Trinajstić information content (AvgIpc) is 3.11. The van der Waals surface area contributed by atoms with Crippen molar-refractivity contribution < 1.29 is 14.6 Å². The van der Waals surface area contributed by atoms with E-state index >= 15 is 0 Å². The zero-order chi connectivity index (χ0) is 14.3. The van der Waals surface area contributed by atoms with Crippen molar-refractivity contribution in [1.82, 2.24) is 9.88 Å². The van der Waals surface area contributed by atoms with Gasteiger partial charge in [-0.1, -0.05) is 0 Å². The number of nitrogens with zero attached hydrogens (tertiary/aromatic N) is 1. The Morgan fingerprint density at radius 1 is 1.65 bits per heavy atom. The van der Waals surface area contributed by atoms with E-state index in [1.165, 1.54) is 0 Å². The number of carbonyl (C=O) groups is 1. The van der Waals surface area contributed by atoms with Crippen LogP contribution in [0.25, 0.3) is 0 Å². The Balaban J connectivity index is 1.67. The van der Waals surface area contributed by atoms with Crippen LogP contribution in [0.3, 0.4) is 0 Å². The Kier molecular flexibility index (Phi) is 3.22. The molecule has 3 rings (SSSR count). The Morgan fingerprint density at radius 3 is 3.00 bits per heavy atom. The zero-order valence-electron chi connectivity index (χ0n) is 11.6. The van der Waals surface area contributed by atoms with E-state index in [1.807, 2.05) is 17.7 Å². The van der Waals surface area contributed by atoms with E-state index in [1.54, 1.807) is 6.07 Å². The summed E-state index contributed by atoms with van der Waals surface area (Å²) in [7, 11) is 0. The van der Waals surface area contributed by atoms with Gasteiger partial charge in [0.15, 0.2) is 0 Å². The van der Waals surface area contributed by atoms with Crippen molar-refractivity contribution in [2.45, 2.75) is 43.9 Å². The number of nitrogen functional groups attached to an aromatic ring is 1. The molecule has 1 saturated carbocycles. The lowest BCUT2D eigenvalue weighted by atomic mass is 9.97. The van der Waals surface area contributed by atoms with Gasteiger partial charge in [0.25, 0.3) is 5.91 Å². The molecule has 1 aliphatic heterocycles. The van der Waals surface area contributed by atoms with Gasteiger partial charge in [0.2, 0.25) is 0 Å². The summed E-state index contributed by atoms with van der Waals surface area (Å²) in [5.41, 5.74) is 5.97. The molecule has 1 aromatic rings. The van der Waals surface area contributed by atoms with Gasteiger partial charge in [-0.2, -0.15) is 0 Å². The number of rotatable bonds is 4. The minimum atomic E-state index is -0.974. The summed E-state index contributed by atoms with van der Waals surface area (Å²) in [6.07, 6.45) is 4.26. The molecule has 20 heavy (non-hydrogen) atoms. The number of aromatic nitrogens is 1. The van der Waals surface area contributed by atoms with Crippen LogP contribution in [0.2, 0.25) is 0 Å². The highest BCUT2D eigenvalue weighted by atomic mass is 16.5. The van der Waals surface area contributed by atoms with Crippen LogP contribution in [0, 0.1) is 0 Å². The summed E-state index contributed by atoms with van der Waals surface area (Å²) in [4.78, 5) is 12.3. The molecular weight excluding hydrogens is 258 g/mol. The molecule has 1 aliphatic carbocycles. The predicted octanol–water partition coefficient (Wildman–Crippen LogP) is 0.675. The van der Waals surface area contributed by atoms with Gasteiger partial charge in [0.1, 0.15) is 11.3 Å². The molecule has 0 bridgehead atoms. The van der Waals surface area contributed by atoms with Crippen LogP contribution in [0.5, 0.6) is 0 Å². The molecule has 1 aromatic heterocycles. The van der Waals surface area contributed by atoms with Crippen molar-refractivity contribution in [3.8, 4) is 0 Å². The van der Waals surface area contributed by atoms with Gasteiger partial charge in [-0.3, -0.25) is 4.79 Å². The second-order valence-electron chi connectivity index (χ2n) is 5.85. The summed E-state index contributed by atoms with van der Waals surface area (Å²) < 4.78 is 7.29. The number of hydrogen-bond donors (Lipinski definition) is 3. The molecule has 0 radical (unpaired) electrons. The van der Waals surface area contributed by atoms with Gasteiger partial charge in [0, 0.05) is 31.8 Å². The maximum absolute atomic E-state index is 12.3. The minimum absolute atomic E-state index is 0.193. The van der Waals surface area contributed by atoms with Crippen molar-refractivity contribution in [2.75, 3.05) is 18.9 Å². The summed E-state index contributed by atoms with van der Waals surface area (Å²) in [5, 5.41) is 13.2. The molecule has 4 N–H and O–H groups in total. The number of ether oxygens (including phenoxy) is 1. The molecule has 2 fully saturated rings. The van der Waals surface area contributed by atoms with Crippen molar-refractivity contribution in [1.29, 1.82) is 0 Å². The van der Waals surface area contributed by atoms with Gasteiger partial charge >= 0.3 is 0 Å². The molecule has 2 unspecified atom stereocenters. The molecule has 1 saturated heterocycles. The molecule has 2 heterocycles. The number of carbonyl (C=O) groups excluding carboxylic acids is 1. The largest absolute Gasteiger partial charge is 0.397 e. The third kappa shape index (κ3) is 2.41. The molecule has 2 atom stereocenters. The van der Waals surface area contributed by atoms with E-state index in [0.717, 1.165) is 12.8 Å². The average molecular weight is 279 g/mol. The van der Waals surface area contributed by atoms with Crippen LogP contribution < -0.4 is 11.1 Å².